The summed E-state index contributed by atoms with van der Waals surface area (Å²) in [6.45, 7) is 1.55. The maximum atomic E-state index is 6.41. The second-order valence-electron chi connectivity index (χ2n) is 5.98. The fraction of sp³-hybridized carbons (Fsp3) is 0.625. The molecule has 2 N–H and O–H groups in total. The lowest BCUT2D eigenvalue weighted by atomic mass is 9.83. The smallest absolute Gasteiger partial charge is 0.0646 e. The molecule has 1 fully saturated rings. The first-order valence-electron chi connectivity index (χ1n) is 7.35. The van der Waals surface area contributed by atoms with Gasteiger partial charge in [-0.2, -0.15) is 0 Å². The summed E-state index contributed by atoms with van der Waals surface area (Å²) >= 11 is 1.95. The Labute approximate surface area is 120 Å². The molecule has 0 aromatic heterocycles. The fourth-order valence-electron chi connectivity index (χ4n) is 3.17. The minimum absolute atomic E-state index is 0.0521. The molecule has 2 aliphatic rings. The Balaban J connectivity index is 1.51. The maximum absolute atomic E-state index is 6.41. The normalized spacial score (nSPS) is 25.2. The number of thioether (sulfide) groups is 1. The van der Waals surface area contributed by atoms with Crippen molar-refractivity contribution in [2.75, 3.05) is 19.0 Å². The summed E-state index contributed by atoms with van der Waals surface area (Å²) in [6, 6.07) is 8.70. The number of hydrogen-bond acceptors (Lipinski definition) is 3. The van der Waals surface area contributed by atoms with Gasteiger partial charge in [-0.3, -0.25) is 0 Å². The Hall–Kier alpha value is -0.510. The van der Waals surface area contributed by atoms with Crippen molar-refractivity contribution in [2.45, 2.75) is 48.5 Å². The molecule has 0 saturated heterocycles. The highest BCUT2D eigenvalue weighted by Gasteiger charge is 2.29. The number of ether oxygens (including phenoxy) is 1. The van der Waals surface area contributed by atoms with Gasteiger partial charge in [0.2, 0.25) is 0 Å². The molecular formula is C16H23NOS. The number of rotatable bonds is 4. The van der Waals surface area contributed by atoms with Gasteiger partial charge in [-0.25, -0.2) is 0 Å². The molecule has 3 rings (SSSR count). The molecule has 1 heterocycles. The zero-order chi connectivity index (χ0) is 13.1. The second-order valence-corrected chi connectivity index (χ2v) is 7.05. The van der Waals surface area contributed by atoms with Crippen LogP contribution in [-0.2, 0) is 4.74 Å². The van der Waals surface area contributed by atoms with Gasteiger partial charge in [0.25, 0.3) is 0 Å². The molecule has 19 heavy (non-hydrogen) atoms. The molecule has 0 spiro atoms. The summed E-state index contributed by atoms with van der Waals surface area (Å²) in [5, 5.41) is 0. The molecule has 1 atom stereocenters. The van der Waals surface area contributed by atoms with Crippen LogP contribution >= 0.6 is 11.8 Å². The largest absolute Gasteiger partial charge is 0.379 e. The molecule has 2 nitrogen and oxygen atoms in total. The third-order valence-corrected chi connectivity index (χ3v) is 5.61. The molecule has 1 aliphatic heterocycles. The minimum Gasteiger partial charge on any atom is -0.379 e. The zero-order valence-electron chi connectivity index (χ0n) is 11.4. The lowest BCUT2D eigenvalue weighted by Gasteiger charge is -2.33. The predicted molar refractivity (Wildman–Crippen MR) is 80.7 cm³/mol. The quantitative estimate of drug-likeness (QED) is 0.914. The maximum Gasteiger partial charge on any atom is 0.0646 e. The van der Waals surface area contributed by atoms with Crippen LogP contribution in [0.25, 0.3) is 0 Å². The van der Waals surface area contributed by atoms with E-state index in [1.54, 1.807) is 0 Å². The van der Waals surface area contributed by atoms with Gasteiger partial charge < -0.3 is 10.5 Å². The Bertz CT molecular complexity index is 429. The van der Waals surface area contributed by atoms with E-state index in [9.17, 15) is 0 Å². The summed E-state index contributed by atoms with van der Waals surface area (Å²) < 4.78 is 5.98. The van der Waals surface area contributed by atoms with E-state index in [4.69, 9.17) is 10.5 Å². The zero-order valence-corrected chi connectivity index (χ0v) is 12.3. The van der Waals surface area contributed by atoms with Gasteiger partial charge in [0.1, 0.15) is 0 Å². The predicted octanol–water partition coefficient (Wildman–Crippen LogP) is 3.55. The molecule has 0 radical (unpaired) electrons. The van der Waals surface area contributed by atoms with Gasteiger partial charge in [0.05, 0.1) is 13.2 Å². The minimum atomic E-state index is -0.0521. The first-order valence-corrected chi connectivity index (χ1v) is 8.34. The van der Waals surface area contributed by atoms with E-state index in [-0.39, 0.29) is 5.54 Å². The average molecular weight is 277 g/mol. The van der Waals surface area contributed by atoms with Crippen molar-refractivity contribution >= 4 is 11.8 Å². The Morgan fingerprint density at radius 2 is 2.00 bits per heavy atom. The van der Waals surface area contributed by atoms with E-state index in [1.165, 1.54) is 29.7 Å². The molecule has 3 heteroatoms. The summed E-state index contributed by atoms with van der Waals surface area (Å²) in [5.74, 6) is 1.70. The van der Waals surface area contributed by atoms with Crippen molar-refractivity contribution in [3.05, 3.63) is 29.8 Å². The van der Waals surface area contributed by atoms with Gasteiger partial charge in [0, 0.05) is 22.1 Å². The molecular weight excluding hydrogens is 254 g/mol. The third-order valence-electron chi connectivity index (χ3n) is 4.36. The Morgan fingerprint density at radius 3 is 2.84 bits per heavy atom. The highest BCUT2D eigenvalue weighted by Crippen LogP contribution is 2.39. The Kier molecular flexibility index (Phi) is 4.15. The van der Waals surface area contributed by atoms with Crippen LogP contribution in [0.5, 0.6) is 0 Å². The summed E-state index contributed by atoms with van der Waals surface area (Å²) in [6.07, 6.45) is 6.13. The van der Waals surface area contributed by atoms with Crippen molar-refractivity contribution in [2.24, 2.45) is 5.73 Å². The lowest BCUT2D eigenvalue weighted by molar-refractivity contribution is 0.0620. The van der Waals surface area contributed by atoms with Crippen molar-refractivity contribution < 1.29 is 4.74 Å². The first-order chi connectivity index (χ1) is 9.27. The summed E-state index contributed by atoms with van der Waals surface area (Å²) in [4.78, 5) is 1.43. The van der Waals surface area contributed by atoms with Gasteiger partial charge in [-0.15, -0.1) is 11.8 Å². The van der Waals surface area contributed by atoms with Gasteiger partial charge in [-0.1, -0.05) is 37.5 Å². The molecule has 1 aromatic carbocycles. The van der Waals surface area contributed by atoms with Gasteiger partial charge in [-0.05, 0) is 24.5 Å². The molecule has 1 saturated carbocycles. The number of fused-ring (bicyclic) bond motifs is 1. The van der Waals surface area contributed by atoms with E-state index in [0.717, 1.165) is 31.8 Å². The van der Waals surface area contributed by atoms with Crippen molar-refractivity contribution in [1.29, 1.82) is 0 Å². The molecule has 0 bridgehead atoms. The van der Waals surface area contributed by atoms with Crippen LogP contribution in [0.3, 0.4) is 0 Å². The van der Waals surface area contributed by atoms with E-state index in [2.05, 4.69) is 24.3 Å². The molecule has 104 valence electrons. The topological polar surface area (TPSA) is 35.2 Å². The highest BCUT2D eigenvalue weighted by molar-refractivity contribution is 7.99. The Morgan fingerprint density at radius 1 is 1.21 bits per heavy atom. The van der Waals surface area contributed by atoms with E-state index >= 15 is 0 Å². The molecule has 1 aliphatic carbocycles. The summed E-state index contributed by atoms with van der Waals surface area (Å²) in [7, 11) is 0. The van der Waals surface area contributed by atoms with Crippen LogP contribution in [0.1, 0.15) is 43.6 Å². The number of benzene rings is 1. The van der Waals surface area contributed by atoms with Crippen LogP contribution < -0.4 is 5.73 Å². The van der Waals surface area contributed by atoms with E-state index < -0.39 is 0 Å². The second kappa shape index (κ2) is 5.86. The monoisotopic (exact) mass is 277 g/mol. The van der Waals surface area contributed by atoms with E-state index in [0.29, 0.717) is 5.92 Å². The van der Waals surface area contributed by atoms with Crippen LogP contribution in [-0.4, -0.2) is 24.5 Å². The van der Waals surface area contributed by atoms with Crippen molar-refractivity contribution in [3.8, 4) is 0 Å². The van der Waals surface area contributed by atoms with Crippen LogP contribution in [0.15, 0.2) is 29.2 Å². The van der Waals surface area contributed by atoms with Crippen LogP contribution in [0.4, 0.5) is 0 Å². The van der Waals surface area contributed by atoms with Crippen molar-refractivity contribution in [1.82, 2.24) is 0 Å². The average Bonchev–Trinajstić information content (AvgIpc) is 2.83. The SMILES string of the molecule is NC1(COCC2CSc3ccccc32)CCCCC1. The van der Waals surface area contributed by atoms with Gasteiger partial charge in [0.15, 0.2) is 0 Å². The lowest BCUT2D eigenvalue weighted by Crippen LogP contribution is -2.46. The molecule has 0 amide bonds. The highest BCUT2D eigenvalue weighted by atomic mass is 32.2. The van der Waals surface area contributed by atoms with Gasteiger partial charge >= 0.3 is 0 Å². The van der Waals surface area contributed by atoms with Crippen LogP contribution in [0, 0.1) is 0 Å². The molecule has 1 aromatic rings. The summed E-state index contributed by atoms with van der Waals surface area (Å²) in [5.41, 5.74) is 7.82. The first kappa shape index (κ1) is 13.5. The fourth-order valence-corrected chi connectivity index (χ4v) is 4.40. The van der Waals surface area contributed by atoms with Crippen molar-refractivity contribution in [3.63, 3.8) is 0 Å². The number of nitrogens with two attached hydrogens (primary N) is 1. The molecule has 1 unspecified atom stereocenters. The van der Waals surface area contributed by atoms with Crippen LogP contribution in [0.2, 0.25) is 0 Å². The number of hydrogen-bond donors (Lipinski definition) is 1. The third kappa shape index (κ3) is 3.15. The standard InChI is InChI=1S/C16H23NOS/c17-16(8-4-1-5-9-16)12-18-10-13-11-19-15-7-3-2-6-14(13)15/h2-3,6-7,13H,1,4-5,8-12,17H2. The van der Waals surface area contributed by atoms with E-state index in [1.807, 2.05) is 11.8 Å².